The maximum absolute atomic E-state index is 12.3. The van der Waals surface area contributed by atoms with Crippen molar-refractivity contribution in [2.45, 2.75) is 33.2 Å². The normalized spacial score (nSPS) is 14.2. The van der Waals surface area contributed by atoms with Crippen molar-refractivity contribution in [3.05, 3.63) is 58.7 Å². The van der Waals surface area contributed by atoms with E-state index in [-0.39, 0.29) is 5.91 Å². The molecule has 0 fully saturated rings. The molecule has 0 unspecified atom stereocenters. The Labute approximate surface area is 125 Å². The molecule has 0 spiro atoms. The van der Waals surface area contributed by atoms with Crippen molar-refractivity contribution in [2.24, 2.45) is 0 Å². The van der Waals surface area contributed by atoms with Gasteiger partial charge in [-0.05, 0) is 60.7 Å². The summed E-state index contributed by atoms with van der Waals surface area (Å²) < 4.78 is 0. The Morgan fingerprint density at radius 2 is 1.86 bits per heavy atom. The number of nitrogens with zero attached hydrogens (tertiary/aromatic N) is 1. The zero-order chi connectivity index (χ0) is 15.0. The summed E-state index contributed by atoms with van der Waals surface area (Å²) in [5, 5.41) is 0. The molecule has 0 saturated heterocycles. The van der Waals surface area contributed by atoms with E-state index in [2.05, 4.69) is 32.0 Å². The number of hydrogen-bond acceptors (Lipinski definition) is 2. The molecule has 0 aromatic heterocycles. The number of carbonyl (C=O) groups is 1. The number of aryl methyl sites for hydroxylation is 3. The number of benzene rings is 2. The van der Waals surface area contributed by atoms with Crippen LogP contribution >= 0.6 is 0 Å². The van der Waals surface area contributed by atoms with Gasteiger partial charge in [0.25, 0.3) is 0 Å². The van der Waals surface area contributed by atoms with E-state index in [4.69, 9.17) is 5.73 Å². The SMILES string of the molecule is Cc1ccc(CN2C(=O)CCc3cc(N)ccc32)cc1C. The van der Waals surface area contributed by atoms with Crippen LogP contribution in [0.25, 0.3) is 0 Å². The Hall–Kier alpha value is -2.29. The van der Waals surface area contributed by atoms with Gasteiger partial charge in [0.15, 0.2) is 0 Å². The fraction of sp³-hybridized carbons (Fsp3) is 0.278. The molecular weight excluding hydrogens is 260 g/mol. The molecular formula is C18H20N2O. The molecule has 1 aliphatic rings. The Kier molecular flexibility index (Phi) is 3.42. The summed E-state index contributed by atoms with van der Waals surface area (Å²) in [6.45, 7) is 4.83. The fourth-order valence-corrected chi connectivity index (χ4v) is 2.84. The summed E-state index contributed by atoms with van der Waals surface area (Å²) in [5.41, 5.74) is 12.5. The van der Waals surface area contributed by atoms with Crippen LogP contribution in [0.2, 0.25) is 0 Å². The van der Waals surface area contributed by atoms with Gasteiger partial charge in [0.1, 0.15) is 0 Å². The molecule has 2 aromatic rings. The first kappa shape index (κ1) is 13.7. The third kappa shape index (κ3) is 2.64. The summed E-state index contributed by atoms with van der Waals surface area (Å²) in [6, 6.07) is 12.2. The van der Waals surface area contributed by atoms with E-state index in [0.717, 1.165) is 23.4 Å². The van der Waals surface area contributed by atoms with Crippen molar-refractivity contribution in [1.82, 2.24) is 0 Å². The molecule has 3 nitrogen and oxygen atoms in total. The molecule has 0 atom stereocenters. The molecule has 1 aliphatic heterocycles. The fourth-order valence-electron chi connectivity index (χ4n) is 2.84. The zero-order valence-electron chi connectivity index (χ0n) is 12.5. The van der Waals surface area contributed by atoms with Crippen molar-refractivity contribution in [1.29, 1.82) is 0 Å². The van der Waals surface area contributed by atoms with Crippen LogP contribution in [0.5, 0.6) is 0 Å². The quantitative estimate of drug-likeness (QED) is 0.857. The van der Waals surface area contributed by atoms with E-state index in [0.29, 0.717) is 13.0 Å². The third-order valence-electron chi connectivity index (χ3n) is 4.22. The highest BCUT2D eigenvalue weighted by Crippen LogP contribution is 2.31. The van der Waals surface area contributed by atoms with Crippen LogP contribution < -0.4 is 10.6 Å². The summed E-state index contributed by atoms with van der Waals surface area (Å²) >= 11 is 0. The maximum atomic E-state index is 12.3. The van der Waals surface area contributed by atoms with Crippen LogP contribution in [0.15, 0.2) is 36.4 Å². The number of amides is 1. The van der Waals surface area contributed by atoms with Crippen molar-refractivity contribution >= 4 is 17.3 Å². The van der Waals surface area contributed by atoms with Crippen LogP contribution in [-0.4, -0.2) is 5.91 Å². The van der Waals surface area contributed by atoms with Gasteiger partial charge in [-0.25, -0.2) is 0 Å². The van der Waals surface area contributed by atoms with Gasteiger partial charge in [0.2, 0.25) is 5.91 Å². The van der Waals surface area contributed by atoms with Gasteiger partial charge < -0.3 is 10.6 Å². The van der Waals surface area contributed by atoms with Crippen molar-refractivity contribution in [3.8, 4) is 0 Å². The highest BCUT2D eigenvalue weighted by molar-refractivity contribution is 5.96. The second-order valence-electron chi connectivity index (χ2n) is 5.79. The second-order valence-corrected chi connectivity index (χ2v) is 5.79. The first-order valence-corrected chi connectivity index (χ1v) is 7.29. The van der Waals surface area contributed by atoms with Gasteiger partial charge in [-0.2, -0.15) is 0 Å². The molecule has 2 N–H and O–H groups in total. The van der Waals surface area contributed by atoms with Gasteiger partial charge in [0.05, 0.1) is 6.54 Å². The lowest BCUT2D eigenvalue weighted by molar-refractivity contribution is -0.119. The van der Waals surface area contributed by atoms with Gasteiger partial charge >= 0.3 is 0 Å². The van der Waals surface area contributed by atoms with E-state index in [9.17, 15) is 4.79 Å². The van der Waals surface area contributed by atoms with Crippen LogP contribution in [0.4, 0.5) is 11.4 Å². The predicted molar refractivity (Wildman–Crippen MR) is 86.3 cm³/mol. The number of carbonyl (C=O) groups excluding carboxylic acids is 1. The Morgan fingerprint density at radius 1 is 1.05 bits per heavy atom. The zero-order valence-corrected chi connectivity index (χ0v) is 12.5. The predicted octanol–water partition coefficient (Wildman–Crippen LogP) is 3.37. The minimum Gasteiger partial charge on any atom is -0.399 e. The van der Waals surface area contributed by atoms with Crippen molar-refractivity contribution < 1.29 is 4.79 Å². The number of nitrogens with two attached hydrogens (primary N) is 1. The Morgan fingerprint density at radius 3 is 2.62 bits per heavy atom. The second kappa shape index (κ2) is 5.24. The molecule has 0 radical (unpaired) electrons. The lowest BCUT2D eigenvalue weighted by Gasteiger charge is -2.30. The van der Waals surface area contributed by atoms with Gasteiger partial charge in [0, 0.05) is 17.8 Å². The van der Waals surface area contributed by atoms with Crippen molar-refractivity contribution in [2.75, 3.05) is 10.6 Å². The number of hydrogen-bond donors (Lipinski definition) is 1. The molecule has 21 heavy (non-hydrogen) atoms. The summed E-state index contributed by atoms with van der Waals surface area (Å²) in [6.07, 6.45) is 1.34. The minimum absolute atomic E-state index is 0.186. The molecule has 3 rings (SSSR count). The molecule has 0 saturated carbocycles. The molecule has 0 bridgehead atoms. The summed E-state index contributed by atoms with van der Waals surface area (Å²) in [4.78, 5) is 14.2. The van der Waals surface area contributed by atoms with E-state index in [1.165, 1.54) is 16.7 Å². The Bertz CT molecular complexity index is 706. The monoisotopic (exact) mass is 280 g/mol. The highest BCUT2D eigenvalue weighted by atomic mass is 16.2. The van der Waals surface area contributed by atoms with Crippen LogP contribution in [0.3, 0.4) is 0 Å². The number of anilines is 2. The summed E-state index contributed by atoms with van der Waals surface area (Å²) in [7, 11) is 0. The first-order valence-electron chi connectivity index (χ1n) is 7.29. The lowest BCUT2D eigenvalue weighted by Crippen LogP contribution is -2.34. The van der Waals surface area contributed by atoms with Crippen LogP contribution in [-0.2, 0) is 17.8 Å². The van der Waals surface area contributed by atoms with E-state index in [1.54, 1.807) is 0 Å². The summed E-state index contributed by atoms with van der Waals surface area (Å²) in [5.74, 6) is 0.186. The van der Waals surface area contributed by atoms with E-state index >= 15 is 0 Å². The van der Waals surface area contributed by atoms with Gasteiger partial charge in [-0.3, -0.25) is 4.79 Å². The van der Waals surface area contributed by atoms with Gasteiger partial charge in [-0.15, -0.1) is 0 Å². The smallest absolute Gasteiger partial charge is 0.227 e. The van der Waals surface area contributed by atoms with Crippen LogP contribution in [0, 0.1) is 13.8 Å². The van der Waals surface area contributed by atoms with Crippen molar-refractivity contribution in [3.63, 3.8) is 0 Å². The Balaban J connectivity index is 1.94. The molecule has 0 aliphatic carbocycles. The standard InChI is InChI=1S/C18H20N2O/c1-12-3-4-14(9-13(12)2)11-20-17-7-6-16(19)10-15(17)5-8-18(20)21/h3-4,6-7,9-10H,5,8,11,19H2,1-2H3. The van der Waals surface area contributed by atoms with E-state index in [1.807, 2.05) is 23.1 Å². The number of rotatable bonds is 2. The average Bonchev–Trinajstić information content (AvgIpc) is 2.46. The maximum Gasteiger partial charge on any atom is 0.227 e. The van der Waals surface area contributed by atoms with E-state index < -0.39 is 0 Å². The lowest BCUT2D eigenvalue weighted by atomic mass is 9.99. The highest BCUT2D eigenvalue weighted by Gasteiger charge is 2.24. The molecule has 1 amide bonds. The molecule has 2 aromatic carbocycles. The van der Waals surface area contributed by atoms with Gasteiger partial charge in [-0.1, -0.05) is 18.2 Å². The topological polar surface area (TPSA) is 46.3 Å². The average molecular weight is 280 g/mol. The number of nitrogen functional groups attached to an aromatic ring is 1. The number of fused-ring (bicyclic) bond motifs is 1. The molecule has 3 heteroatoms. The minimum atomic E-state index is 0.186. The molecule has 108 valence electrons. The molecule has 1 heterocycles. The van der Waals surface area contributed by atoms with Crippen LogP contribution in [0.1, 0.15) is 28.7 Å². The first-order chi connectivity index (χ1) is 10.0. The largest absolute Gasteiger partial charge is 0.399 e. The third-order valence-corrected chi connectivity index (χ3v) is 4.22.